The predicted molar refractivity (Wildman–Crippen MR) is 162 cm³/mol. The van der Waals surface area contributed by atoms with Crippen LogP contribution in [0.1, 0.15) is 27.8 Å². The second kappa shape index (κ2) is 7.59. The van der Waals surface area contributed by atoms with Gasteiger partial charge in [-0.2, -0.15) is 5.26 Å². The molecule has 6 aromatic carbocycles. The minimum atomic E-state index is -0.376. The van der Waals surface area contributed by atoms with Crippen molar-refractivity contribution in [2.45, 2.75) is 5.41 Å². The predicted octanol–water partition coefficient (Wildman–Crippen LogP) is 9.00. The van der Waals surface area contributed by atoms with E-state index in [-0.39, 0.29) is 5.41 Å². The molecule has 1 spiro atoms. The molecular weight excluding hydrogens is 484 g/mol. The van der Waals surface area contributed by atoms with Crippen molar-refractivity contribution in [1.29, 1.82) is 5.26 Å². The van der Waals surface area contributed by atoms with E-state index >= 15 is 0 Å². The number of fused-ring (bicyclic) bond motifs is 13. The zero-order chi connectivity index (χ0) is 26.4. The van der Waals surface area contributed by atoms with Gasteiger partial charge < -0.3 is 4.57 Å². The quantitative estimate of drug-likeness (QED) is 0.218. The first-order valence-electron chi connectivity index (χ1n) is 13.7. The van der Waals surface area contributed by atoms with Crippen LogP contribution in [0.25, 0.3) is 49.7 Å². The molecule has 0 bridgehead atoms. The zero-order valence-corrected chi connectivity index (χ0v) is 21.6. The molecule has 40 heavy (non-hydrogen) atoms. The van der Waals surface area contributed by atoms with Gasteiger partial charge in [-0.25, -0.2) is 0 Å². The summed E-state index contributed by atoms with van der Waals surface area (Å²) >= 11 is 0. The highest BCUT2D eigenvalue weighted by atomic mass is 15.0. The molecule has 7 aromatic rings. The summed E-state index contributed by atoms with van der Waals surface area (Å²) in [5.41, 5.74) is 14.3. The summed E-state index contributed by atoms with van der Waals surface area (Å²) in [5.74, 6) is 0. The lowest BCUT2D eigenvalue weighted by atomic mass is 9.70. The number of para-hydroxylation sites is 1. The van der Waals surface area contributed by atoms with Gasteiger partial charge in [0.1, 0.15) is 0 Å². The van der Waals surface area contributed by atoms with Crippen LogP contribution in [-0.4, -0.2) is 4.57 Å². The number of benzene rings is 6. The normalized spacial score (nSPS) is 13.7. The van der Waals surface area contributed by atoms with Gasteiger partial charge in [-0.3, -0.25) is 0 Å². The van der Waals surface area contributed by atoms with Crippen LogP contribution in [0.5, 0.6) is 0 Å². The molecule has 0 N–H and O–H groups in total. The fraction of sp³-hybridized carbons (Fsp3) is 0.0263. The molecule has 0 saturated heterocycles. The largest absolute Gasteiger partial charge is 0.309 e. The first kappa shape index (κ1) is 21.5. The van der Waals surface area contributed by atoms with Crippen molar-refractivity contribution in [3.8, 4) is 34.0 Å². The summed E-state index contributed by atoms with van der Waals surface area (Å²) < 4.78 is 2.36. The van der Waals surface area contributed by atoms with E-state index in [0.717, 1.165) is 5.69 Å². The Morgan fingerprint density at radius 3 is 1.65 bits per heavy atom. The number of rotatable bonds is 1. The molecule has 1 aromatic heterocycles. The van der Waals surface area contributed by atoms with Crippen LogP contribution in [0.3, 0.4) is 0 Å². The Morgan fingerprint density at radius 1 is 0.475 bits per heavy atom. The van der Waals surface area contributed by atoms with Crippen LogP contribution in [0.2, 0.25) is 0 Å². The third-order valence-electron chi connectivity index (χ3n) is 9.04. The molecule has 2 nitrogen and oxygen atoms in total. The van der Waals surface area contributed by atoms with E-state index in [1.54, 1.807) is 0 Å². The van der Waals surface area contributed by atoms with Gasteiger partial charge >= 0.3 is 0 Å². The smallest absolute Gasteiger partial charge is 0.0991 e. The maximum atomic E-state index is 9.42. The third-order valence-corrected chi connectivity index (χ3v) is 9.04. The van der Waals surface area contributed by atoms with Gasteiger partial charge in [-0.1, -0.05) is 91.0 Å². The fourth-order valence-electron chi connectivity index (χ4n) is 7.52. The highest BCUT2D eigenvalue weighted by molar-refractivity contribution is 6.12. The van der Waals surface area contributed by atoms with Crippen molar-refractivity contribution in [1.82, 2.24) is 4.57 Å². The molecule has 0 amide bonds. The molecule has 2 aliphatic rings. The first-order valence-corrected chi connectivity index (χ1v) is 13.7. The van der Waals surface area contributed by atoms with Crippen molar-refractivity contribution in [2.24, 2.45) is 0 Å². The molecule has 0 unspecified atom stereocenters. The molecule has 184 valence electrons. The van der Waals surface area contributed by atoms with Crippen LogP contribution in [-0.2, 0) is 5.41 Å². The van der Waals surface area contributed by atoms with Crippen LogP contribution in [0, 0.1) is 11.3 Å². The second-order valence-corrected chi connectivity index (χ2v) is 10.8. The van der Waals surface area contributed by atoms with Gasteiger partial charge in [0.05, 0.1) is 28.1 Å². The molecule has 0 radical (unpaired) electrons. The molecule has 2 aliphatic carbocycles. The number of hydrogen-bond acceptors (Lipinski definition) is 1. The number of hydrogen-bond donors (Lipinski definition) is 0. The van der Waals surface area contributed by atoms with E-state index in [0.29, 0.717) is 5.56 Å². The van der Waals surface area contributed by atoms with Gasteiger partial charge in [0, 0.05) is 16.5 Å². The van der Waals surface area contributed by atoms with E-state index in [1.807, 2.05) is 12.1 Å². The highest BCUT2D eigenvalue weighted by Gasteiger charge is 2.51. The molecule has 2 heteroatoms. The van der Waals surface area contributed by atoms with E-state index in [2.05, 4.69) is 132 Å². The van der Waals surface area contributed by atoms with Crippen LogP contribution < -0.4 is 0 Å². The van der Waals surface area contributed by atoms with Gasteiger partial charge in [-0.05, 0) is 87.0 Å². The Bertz CT molecular complexity index is 2180. The average molecular weight is 507 g/mol. The summed E-state index contributed by atoms with van der Waals surface area (Å²) in [6, 6.07) is 50.5. The van der Waals surface area contributed by atoms with Crippen LogP contribution in [0.4, 0.5) is 0 Å². The standard InChI is InChI=1S/C38H22N2/c39-23-24-17-19-25(20-18-24)40-36-16-8-4-12-29(36)31-21-30-28-11-3-7-15-34(28)38(35(30)22-37(31)40)32-13-5-1-9-26(32)27-10-2-6-14-33(27)38/h1-22H. The summed E-state index contributed by atoms with van der Waals surface area (Å²) in [7, 11) is 0. The van der Waals surface area contributed by atoms with Gasteiger partial charge in [0.15, 0.2) is 0 Å². The van der Waals surface area contributed by atoms with Crippen molar-refractivity contribution in [3.05, 3.63) is 161 Å². The van der Waals surface area contributed by atoms with E-state index in [9.17, 15) is 5.26 Å². The van der Waals surface area contributed by atoms with Crippen LogP contribution >= 0.6 is 0 Å². The second-order valence-electron chi connectivity index (χ2n) is 10.8. The van der Waals surface area contributed by atoms with Gasteiger partial charge in [0.2, 0.25) is 0 Å². The number of nitrogens with zero attached hydrogens (tertiary/aromatic N) is 2. The Balaban J connectivity index is 1.47. The van der Waals surface area contributed by atoms with E-state index in [4.69, 9.17) is 0 Å². The first-order chi connectivity index (χ1) is 19.8. The minimum absolute atomic E-state index is 0.376. The summed E-state index contributed by atoms with van der Waals surface area (Å²) in [6.07, 6.45) is 0. The molecule has 0 saturated carbocycles. The Labute approximate surface area is 232 Å². The summed E-state index contributed by atoms with van der Waals surface area (Å²) in [6.45, 7) is 0. The van der Waals surface area contributed by atoms with E-state index in [1.165, 1.54) is 66.3 Å². The number of nitriles is 1. The molecule has 0 aliphatic heterocycles. The highest BCUT2D eigenvalue weighted by Crippen LogP contribution is 2.63. The molecule has 0 atom stereocenters. The van der Waals surface area contributed by atoms with Crippen molar-refractivity contribution >= 4 is 21.8 Å². The summed E-state index contributed by atoms with van der Waals surface area (Å²) in [5, 5.41) is 11.9. The molecule has 1 heterocycles. The Kier molecular flexibility index (Phi) is 4.09. The Hall–Kier alpha value is -5.39. The fourth-order valence-corrected chi connectivity index (χ4v) is 7.52. The van der Waals surface area contributed by atoms with Crippen molar-refractivity contribution in [2.75, 3.05) is 0 Å². The third kappa shape index (κ3) is 2.48. The minimum Gasteiger partial charge on any atom is -0.309 e. The van der Waals surface area contributed by atoms with Crippen molar-refractivity contribution < 1.29 is 0 Å². The lowest BCUT2D eigenvalue weighted by Gasteiger charge is -2.30. The van der Waals surface area contributed by atoms with Crippen molar-refractivity contribution in [3.63, 3.8) is 0 Å². The SMILES string of the molecule is N#Cc1ccc(-n2c3ccccc3c3cc4c(cc32)C2(c3ccccc3-c3ccccc32)c2ccccc2-4)cc1. The monoisotopic (exact) mass is 506 g/mol. The lowest BCUT2D eigenvalue weighted by Crippen LogP contribution is -2.25. The number of aromatic nitrogens is 1. The van der Waals surface area contributed by atoms with Gasteiger partial charge in [-0.15, -0.1) is 0 Å². The van der Waals surface area contributed by atoms with E-state index < -0.39 is 0 Å². The average Bonchev–Trinajstić information content (AvgIpc) is 3.62. The molecule has 9 rings (SSSR count). The Morgan fingerprint density at radius 2 is 1.02 bits per heavy atom. The maximum Gasteiger partial charge on any atom is 0.0991 e. The lowest BCUT2D eigenvalue weighted by molar-refractivity contribution is 0.794. The topological polar surface area (TPSA) is 28.7 Å². The van der Waals surface area contributed by atoms with Crippen LogP contribution in [0.15, 0.2) is 133 Å². The molecular formula is C38H22N2. The van der Waals surface area contributed by atoms with Gasteiger partial charge in [0.25, 0.3) is 0 Å². The molecule has 0 fully saturated rings. The zero-order valence-electron chi connectivity index (χ0n) is 21.6. The summed E-state index contributed by atoms with van der Waals surface area (Å²) in [4.78, 5) is 0. The maximum absolute atomic E-state index is 9.42.